The van der Waals surface area contributed by atoms with E-state index in [2.05, 4.69) is 40.3 Å². The van der Waals surface area contributed by atoms with E-state index in [1.165, 1.54) is 44.0 Å². The molecule has 3 aromatic rings. The number of hydrogen-bond donors (Lipinski definition) is 1. The fourth-order valence-corrected chi connectivity index (χ4v) is 7.76. The fourth-order valence-electron chi connectivity index (χ4n) is 7.76. The van der Waals surface area contributed by atoms with E-state index >= 15 is 0 Å². The van der Waals surface area contributed by atoms with Crippen LogP contribution in [0.25, 0.3) is 11.1 Å². The number of nitrogens with zero attached hydrogens (tertiary/aromatic N) is 7. The third-order valence-corrected chi connectivity index (χ3v) is 10.2. The Morgan fingerprint density at radius 2 is 1.90 bits per heavy atom. The molecule has 1 amide bonds. The predicted octanol–water partition coefficient (Wildman–Crippen LogP) is 3.95. The number of fused-ring (bicyclic) bond motifs is 1. The second-order valence-electron chi connectivity index (χ2n) is 12.8. The zero-order valence-electron chi connectivity index (χ0n) is 23.6. The normalized spacial score (nSPS) is 26.3. The number of aromatic nitrogens is 5. The molecule has 42 heavy (non-hydrogen) atoms. The number of ether oxygens (including phenoxy) is 1. The number of carbonyl (C=O) groups excluding carboxylic acids is 1. The highest BCUT2D eigenvalue weighted by Crippen LogP contribution is 2.47. The predicted molar refractivity (Wildman–Crippen MR) is 152 cm³/mol. The molecular formula is C31H35FN8O2. The second-order valence-corrected chi connectivity index (χ2v) is 12.8. The number of piperidine rings is 1. The molecule has 2 aliphatic carbocycles. The Hall–Kier alpha value is -3.73. The van der Waals surface area contributed by atoms with Crippen LogP contribution in [0.15, 0.2) is 37.1 Å². The molecular weight excluding hydrogens is 535 g/mol. The fraction of sp³-hybridized carbons (Fsp3) is 0.548. The highest BCUT2D eigenvalue weighted by molar-refractivity contribution is 5.83. The van der Waals surface area contributed by atoms with Gasteiger partial charge in [-0.15, -0.1) is 10.2 Å². The van der Waals surface area contributed by atoms with Crippen molar-refractivity contribution in [2.24, 2.45) is 17.3 Å². The lowest BCUT2D eigenvalue weighted by atomic mass is 9.72. The summed E-state index contributed by atoms with van der Waals surface area (Å²) >= 11 is 0. The van der Waals surface area contributed by atoms with E-state index in [1.807, 2.05) is 0 Å². The van der Waals surface area contributed by atoms with Crippen LogP contribution >= 0.6 is 0 Å². The second kappa shape index (κ2) is 10.2. The van der Waals surface area contributed by atoms with Crippen molar-refractivity contribution in [3.63, 3.8) is 0 Å². The zero-order chi connectivity index (χ0) is 28.3. The minimum absolute atomic E-state index is 0.00962. The first-order valence-corrected chi connectivity index (χ1v) is 15.3. The number of benzene rings is 1. The van der Waals surface area contributed by atoms with E-state index in [0.29, 0.717) is 40.8 Å². The Kier molecular flexibility index (Phi) is 6.31. The number of nitrogens with one attached hydrogen (secondary N) is 1. The third kappa shape index (κ3) is 4.58. The summed E-state index contributed by atoms with van der Waals surface area (Å²) in [6, 6.07) is 4.47. The highest BCUT2D eigenvalue weighted by Gasteiger charge is 2.49. The van der Waals surface area contributed by atoms with Crippen LogP contribution in [-0.4, -0.2) is 74.7 Å². The Bertz CT molecular complexity index is 1500. The van der Waals surface area contributed by atoms with Gasteiger partial charge in [-0.05, 0) is 75.1 Å². The molecule has 3 saturated heterocycles. The van der Waals surface area contributed by atoms with Gasteiger partial charge in [0.25, 0.3) is 5.88 Å². The molecule has 2 saturated carbocycles. The van der Waals surface area contributed by atoms with Crippen LogP contribution in [0.3, 0.4) is 0 Å². The lowest BCUT2D eigenvalue weighted by Gasteiger charge is -2.54. The molecule has 5 fully saturated rings. The van der Waals surface area contributed by atoms with Crippen LogP contribution in [0.5, 0.6) is 11.6 Å². The lowest BCUT2D eigenvalue weighted by Crippen LogP contribution is -2.62. The molecule has 8 rings (SSSR count). The summed E-state index contributed by atoms with van der Waals surface area (Å²) in [5.41, 5.74) is 2.43. The lowest BCUT2D eigenvalue weighted by molar-refractivity contribution is -0.136. The van der Waals surface area contributed by atoms with Crippen molar-refractivity contribution in [1.82, 2.24) is 35.4 Å². The maximum absolute atomic E-state index is 14.4. The van der Waals surface area contributed by atoms with Crippen LogP contribution in [-0.2, 0) is 4.79 Å². The topological polar surface area (TPSA) is 109 Å². The maximum atomic E-state index is 14.4. The van der Waals surface area contributed by atoms with Gasteiger partial charge in [0.1, 0.15) is 24.2 Å². The van der Waals surface area contributed by atoms with Crippen molar-refractivity contribution >= 4 is 11.7 Å². The summed E-state index contributed by atoms with van der Waals surface area (Å²) in [7, 11) is 0. The van der Waals surface area contributed by atoms with Crippen LogP contribution in [0.4, 0.5) is 10.2 Å². The van der Waals surface area contributed by atoms with Crippen molar-refractivity contribution in [1.29, 1.82) is 0 Å². The molecule has 1 aromatic carbocycles. The monoisotopic (exact) mass is 570 g/mol. The smallest absolute Gasteiger partial charge is 0.282 e. The van der Waals surface area contributed by atoms with Gasteiger partial charge in [-0.2, -0.15) is 0 Å². The summed E-state index contributed by atoms with van der Waals surface area (Å²) in [5, 5.41) is 11.8. The standard InChI is InChI=1S/C31H35FN8O2/c32-21-6-7-25(23(12-21)24-14-33-17-35-26(24)19-4-5-19)42-29-28(36-18-37-38-29)40-15-31(16-40)8-10-39(11-9-31)30(41)27-22-3-1-2-20(22)13-34-27/h6-7,12,14,17-20,22,27,34H,1-5,8-11,13,15-16H2/t20-,22-,27-/m0/s1. The molecule has 0 radical (unpaired) electrons. The van der Waals surface area contributed by atoms with E-state index in [0.717, 1.165) is 69.7 Å². The first-order valence-electron chi connectivity index (χ1n) is 15.3. The molecule has 0 bridgehead atoms. The minimum Gasteiger partial charge on any atom is -0.434 e. The molecule has 3 aliphatic heterocycles. The average Bonchev–Trinajstić information content (AvgIpc) is 3.61. The van der Waals surface area contributed by atoms with Crippen molar-refractivity contribution in [2.75, 3.05) is 37.6 Å². The SMILES string of the molecule is O=C([C@H]1NC[C@@H]2CCC[C@@H]21)N1CCC2(CC1)CN(c1ncnnc1Oc1ccc(F)cc1-c1cncnc1C1CC1)C2. The molecule has 3 atom stereocenters. The number of carbonyl (C=O) groups is 1. The van der Waals surface area contributed by atoms with Gasteiger partial charge in [-0.3, -0.25) is 4.79 Å². The Morgan fingerprint density at radius 1 is 1.05 bits per heavy atom. The van der Waals surface area contributed by atoms with Gasteiger partial charge in [0, 0.05) is 54.8 Å². The van der Waals surface area contributed by atoms with E-state index in [4.69, 9.17) is 4.74 Å². The zero-order valence-corrected chi connectivity index (χ0v) is 23.6. The summed E-state index contributed by atoms with van der Waals surface area (Å²) in [5.74, 6) is 2.88. The number of halogens is 1. The molecule has 1 spiro atoms. The molecule has 2 aromatic heterocycles. The first kappa shape index (κ1) is 25.9. The average molecular weight is 571 g/mol. The maximum Gasteiger partial charge on any atom is 0.282 e. The van der Waals surface area contributed by atoms with Crippen LogP contribution < -0.4 is 15.0 Å². The number of amides is 1. The van der Waals surface area contributed by atoms with Gasteiger partial charge in [-0.25, -0.2) is 19.3 Å². The minimum atomic E-state index is -0.360. The molecule has 5 heterocycles. The Labute approximate surface area is 244 Å². The largest absolute Gasteiger partial charge is 0.434 e. The van der Waals surface area contributed by atoms with Gasteiger partial charge < -0.3 is 19.9 Å². The molecule has 218 valence electrons. The first-order chi connectivity index (χ1) is 20.6. The number of anilines is 1. The van der Waals surface area contributed by atoms with Crippen molar-refractivity contribution < 1.29 is 13.9 Å². The third-order valence-electron chi connectivity index (χ3n) is 10.2. The van der Waals surface area contributed by atoms with Crippen LogP contribution in [0.2, 0.25) is 0 Å². The van der Waals surface area contributed by atoms with E-state index in [1.54, 1.807) is 12.3 Å². The van der Waals surface area contributed by atoms with Crippen molar-refractivity contribution in [3.05, 3.63) is 48.6 Å². The summed E-state index contributed by atoms with van der Waals surface area (Å²) in [4.78, 5) is 30.9. The van der Waals surface area contributed by atoms with E-state index in [-0.39, 0.29) is 23.2 Å². The number of hydrogen-bond acceptors (Lipinski definition) is 9. The number of likely N-dealkylation sites (tertiary alicyclic amines) is 1. The summed E-state index contributed by atoms with van der Waals surface area (Å²) < 4.78 is 20.8. The molecule has 5 aliphatic rings. The Morgan fingerprint density at radius 3 is 2.74 bits per heavy atom. The van der Waals surface area contributed by atoms with Gasteiger partial charge in [0.2, 0.25) is 5.91 Å². The highest BCUT2D eigenvalue weighted by atomic mass is 19.1. The van der Waals surface area contributed by atoms with Crippen molar-refractivity contribution in [2.45, 2.75) is 56.9 Å². The summed E-state index contributed by atoms with van der Waals surface area (Å²) in [6.07, 6.45) is 12.5. The van der Waals surface area contributed by atoms with Crippen LogP contribution in [0.1, 0.15) is 56.6 Å². The molecule has 1 N–H and O–H groups in total. The van der Waals surface area contributed by atoms with E-state index in [9.17, 15) is 9.18 Å². The molecule has 10 nitrogen and oxygen atoms in total. The molecule has 0 unspecified atom stereocenters. The van der Waals surface area contributed by atoms with Gasteiger partial charge >= 0.3 is 0 Å². The summed E-state index contributed by atoms with van der Waals surface area (Å²) in [6.45, 7) is 4.24. The quantitative estimate of drug-likeness (QED) is 0.471. The van der Waals surface area contributed by atoms with Gasteiger partial charge in [-0.1, -0.05) is 6.42 Å². The Balaban J connectivity index is 0.961. The van der Waals surface area contributed by atoms with Gasteiger partial charge in [0.05, 0.1) is 11.7 Å². The van der Waals surface area contributed by atoms with Crippen molar-refractivity contribution in [3.8, 4) is 22.8 Å². The van der Waals surface area contributed by atoms with Crippen LogP contribution in [0, 0.1) is 23.1 Å². The van der Waals surface area contributed by atoms with E-state index < -0.39 is 0 Å². The number of rotatable bonds is 6. The molecule has 11 heteroatoms. The van der Waals surface area contributed by atoms with Gasteiger partial charge in [0.15, 0.2) is 5.82 Å².